The highest BCUT2D eigenvalue weighted by atomic mass is 28.4. The lowest BCUT2D eigenvalue weighted by atomic mass is 10.7. The van der Waals surface area contributed by atoms with Gasteiger partial charge in [-0.1, -0.05) is 0 Å². The third-order valence-electron chi connectivity index (χ3n) is 2.53. The molecule has 1 saturated heterocycles. The molecule has 0 saturated carbocycles. The van der Waals surface area contributed by atoms with Crippen LogP contribution in [0, 0.1) is 0 Å². The van der Waals surface area contributed by atoms with Gasteiger partial charge in [0.1, 0.15) is 5.91 Å². The Bertz CT molecular complexity index is 206. The quantitative estimate of drug-likeness (QED) is 0.511. The van der Waals surface area contributed by atoms with E-state index in [4.69, 9.17) is 4.43 Å². The summed E-state index contributed by atoms with van der Waals surface area (Å²) in [6.07, 6.45) is 1.02. The van der Waals surface area contributed by atoms with Crippen molar-refractivity contribution in [2.75, 3.05) is 19.3 Å². The number of carbonyl (C=O) groups is 1. The molecule has 13 heavy (non-hydrogen) atoms. The zero-order valence-electron chi connectivity index (χ0n) is 8.96. The Morgan fingerprint density at radius 2 is 2.08 bits per heavy atom. The number of carbonyl (C=O) groups excluding carboxylic acids is 1. The number of nitrogens with zero attached hydrogens (tertiary/aromatic N) is 1. The van der Waals surface area contributed by atoms with Crippen LogP contribution in [0.4, 0.5) is 0 Å². The summed E-state index contributed by atoms with van der Waals surface area (Å²) in [5.41, 5.74) is 0. The van der Waals surface area contributed by atoms with Gasteiger partial charge in [-0.15, -0.1) is 0 Å². The van der Waals surface area contributed by atoms with E-state index >= 15 is 0 Å². The van der Waals surface area contributed by atoms with Crippen molar-refractivity contribution in [3.63, 3.8) is 0 Å². The second-order valence-corrected chi connectivity index (χ2v) is 13.1. The largest absolute Gasteiger partial charge is 0.415 e. The van der Waals surface area contributed by atoms with Crippen LogP contribution < -0.4 is 0 Å². The van der Waals surface area contributed by atoms with Crippen LogP contribution in [0.15, 0.2) is 0 Å². The first kappa shape index (κ1) is 11.1. The molecule has 0 aromatic carbocycles. The lowest BCUT2D eigenvalue weighted by Gasteiger charge is -2.42. The number of hydrogen-bond donors (Lipinski definition) is 0. The number of rotatable bonds is 2. The third kappa shape index (κ3) is 2.73. The minimum absolute atomic E-state index is 0.809. The van der Waals surface area contributed by atoms with Crippen LogP contribution >= 0.6 is 0 Å². The standard InChI is InChI=1S/C8H19NO2Si2/c1-12(2,8-10)9-5-6-11-13(3,4)7-9/h8H,5-7H2,1-4H3. The van der Waals surface area contributed by atoms with E-state index in [0.717, 1.165) is 19.3 Å². The van der Waals surface area contributed by atoms with Crippen molar-refractivity contribution in [2.24, 2.45) is 0 Å². The van der Waals surface area contributed by atoms with Crippen molar-refractivity contribution in [1.29, 1.82) is 0 Å². The average molecular weight is 217 g/mol. The summed E-state index contributed by atoms with van der Waals surface area (Å²) in [5, 5.41) is 0. The van der Waals surface area contributed by atoms with Crippen LogP contribution in [0.1, 0.15) is 0 Å². The minimum Gasteiger partial charge on any atom is -0.415 e. The summed E-state index contributed by atoms with van der Waals surface area (Å²) in [7, 11) is -3.24. The molecule has 1 aliphatic heterocycles. The van der Waals surface area contributed by atoms with Gasteiger partial charge in [0.2, 0.25) is 0 Å². The van der Waals surface area contributed by atoms with Gasteiger partial charge in [-0.3, -0.25) is 0 Å². The summed E-state index contributed by atoms with van der Waals surface area (Å²) >= 11 is 0. The van der Waals surface area contributed by atoms with Crippen molar-refractivity contribution in [3.05, 3.63) is 0 Å². The van der Waals surface area contributed by atoms with Gasteiger partial charge in [0.15, 0.2) is 16.6 Å². The van der Waals surface area contributed by atoms with Crippen molar-refractivity contribution in [1.82, 2.24) is 4.57 Å². The Labute approximate surface area is 82.3 Å². The van der Waals surface area contributed by atoms with Crippen molar-refractivity contribution < 1.29 is 9.22 Å². The molecule has 5 heteroatoms. The van der Waals surface area contributed by atoms with Crippen molar-refractivity contribution in [2.45, 2.75) is 26.2 Å². The Morgan fingerprint density at radius 3 is 2.54 bits per heavy atom. The highest BCUT2D eigenvalue weighted by Gasteiger charge is 2.38. The second-order valence-electron chi connectivity index (χ2n) is 4.80. The van der Waals surface area contributed by atoms with E-state index in [1.54, 1.807) is 0 Å². The van der Waals surface area contributed by atoms with E-state index in [-0.39, 0.29) is 0 Å². The summed E-state index contributed by atoms with van der Waals surface area (Å²) in [4.78, 5) is 10.9. The van der Waals surface area contributed by atoms with E-state index in [1.807, 2.05) is 0 Å². The maximum Gasteiger partial charge on any atom is 0.199 e. The summed E-state index contributed by atoms with van der Waals surface area (Å²) in [6.45, 7) is 10.4. The van der Waals surface area contributed by atoms with Gasteiger partial charge in [0, 0.05) is 19.3 Å². The molecule has 0 atom stereocenters. The van der Waals surface area contributed by atoms with Gasteiger partial charge >= 0.3 is 0 Å². The van der Waals surface area contributed by atoms with Crippen molar-refractivity contribution >= 4 is 22.5 Å². The van der Waals surface area contributed by atoms with E-state index in [0.29, 0.717) is 0 Å². The van der Waals surface area contributed by atoms with E-state index in [9.17, 15) is 4.79 Å². The van der Waals surface area contributed by atoms with Crippen molar-refractivity contribution in [3.8, 4) is 0 Å². The topological polar surface area (TPSA) is 29.5 Å². The molecule has 0 N–H and O–H groups in total. The van der Waals surface area contributed by atoms with Crippen LogP contribution in [0.25, 0.3) is 0 Å². The van der Waals surface area contributed by atoms with Gasteiger partial charge in [-0.25, -0.2) is 0 Å². The first-order valence-corrected chi connectivity index (χ1v) is 10.9. The lowest BCUT2D eigenvalue weighted by molar-refractivity contribution is 0.227. The zero-order chi connectivity index (χ0) is 10.1. The van der Waals surface area contributed by atoms with Crippen LogP contribution in [-0.4, -0.2) is 46.3 Å². The molecule has 0 bridgehead atoms. The first-order chi connectivity index (χ1) is 5.87. The Morgan fingerprint density at radius 1 is 1.46 bits per heavy atom. The molecule has 0 spiro atoms. The monoisotopic (exact) mass is 217 g/mol. The Balaban J connectivity index is 2.67. The fourth-order valence-electron chi connectivity index (χ4n) is 1.58. The fourth-order valence-corrected chi connectivity index (χ4v) is 6.98. The minimum atomic E-state index is -1.76. The average Bonchev–Trinajstić information content (AvgIpc) is 2.03. The van der Waals surface area contributed by atoms with Gasteiger partial charge < -0.3 is 13.8 Å². The van der Waals surface area contributed by atoms with Gasteiger partial charge in [-0.2, -0.15) is 0 Å². The molecule has 1 fully saturated rings. The van der Waals surface area contributed by atoms with Crippen LogP contribution in [-0.2, 0) is 9.22 Å². The summed E-state index contributed by atoms with van der Waals surface area (Å²) in [6, 6.07) is 0. The molecule has 1 heterocycles. The van der Waals surface area contributed by atoms with Crippen LogP contribution in [0.3, 0.4) is 0 Å². The molecule has 0 radical (unpaired) electrons. The molecule has 76 valence electrons. The van der Waals surface area contributed by atoms with E-state index in [1.165, 1.54) is 5.91 Å². The van der Waals surface area contributed by atoms with Gasteiger partial charge in [0.05, 0.1) is 0 Å². The molecule has 0 amide bonds. The molecule has 0 unspecified atom stereocenters. The molecule has 0 aliphatic carbocycles. The Hall–Kier alpha value is 0.0238. The summed E-state index contributed by atoms with van der Waals surface area (Å²) < 4.78 is 8.11. The fraction of sp³-hybridized carbons (Fsp3) is 0.875. The molecular formula is C8H19NO2Si2. The van der Waals surface area contributed by atoms with E-state index < -0.39 is 16.6 Å². The Kier molecular flexibility index (Phi) is 3.11. The molecule has 3 nitrogen and oxygen atoms in total. The smallest absolute Gasteiger partial charge is 0.199 e. The predicted octanol–water partition coefficient (Wildman–Crippen LogP) is 1.04. The van der Waals surface area contributed by atoms with Gasteiger partial charge in [-0.05, 0) is 26.2 Å². The molecular weight excluding hydrogens is 198 g/mol. The molecule has 0 aromatic rings. The second kappa shape index (κ2) is 3.64. The number of hydrogen-bond acceptors (Lipinski definition) is 3. The first-order valence-electron chi connectivity index (χ1n) is 4.73. The van der Waals surface area contributed by atoms with E-state index in [2.05, 4.69) is 30.8 Å². The molecule has 0 aromatic heterocycles. The zero-order valence-corrected chi connectivity index (χ0v) is 11.0. The van der Waals surface area contributed by atoms with Crippen LogP contribution in [0.2, 0.25) is 26.2 Å². The van der Waals surface area contributed by atoms with Gasteiger partial charge in [0.25, 0.3) is 0 Å². The molecule has 1 rings (SSSR count). The predicted molar refractivity (Wildman–Crippen MR) is 59.2 cm³/mol. The maximum absolute atomic E-state index is 10.9. The summed E-state index contributed by atoms with van der Waals surface area (Å²) in [5.74, 6) is 1.17. The third-order valence-corrected chi connectivity index (χ3v) is 7.56. The molecule has 1 aliphatic rings. The van der Waals surface area contributed by atoms with Crippen LogP contribution in [0.5, 0.6) is 0 Å². The highest BCUT2D eigenvalue weighted by molar-refractivity contribution is 6.98. The SMILES string of the molecule is C[Si]1(C)CN([Si](C)(C)C=O)CCO1. The highest BCUT2D eigenvalue weighted by Crippen LogP contribution is 2.17. The maximum atomic E-state index is 10.9. The lowest BCUT2D eigenvalue weighted by Crippen LogP contribution is -2.62. The normalized spacial score (nSPS) is 24.3.